The van der Waals surface area contributed by atoms with Crippen LogP contribution in [0.2, 0.25) is 0 Å². The van der Waals surface area contributed by atoms with E-state index in [4.69, 9.17) is 10.5 Å². The summed E-state index contributed by atoms with van der Waals surface area (Å²) in [6.07, 6.45) is 5.04. The highest BCUT2D eigenvalue weighted by Crippen LogP contribution is 2.12. The van der Waals surface area contributed by atoms with E-state index >= 15 is 0 Å². The fraction of sp³-hybridized carbons (Fsp3) is 0.308. The number of rotatable bonds is 4. The van der Waals surface area contributed by atoms with Gasteiger partial charge in [0.15, 0.2) is 0 Å². The molecule has 0 aliphatic heterocycles. The van der Waals surface area contributed by atoms with E-state index in [2.05, 4.69) is 10.1 Å². The Hall–Kier alpha value is -2.37. The monoisotopic (exact) mass is 260 g/mol. The largest absolute Gasteiger partial charge is 0.457 e. The summed E-state index contributed by atoms with van der Waals surface area (Å²) in [7, 11) is 0. The summed E-state index contributed by atoms with van der Waals surface area (Å²) >= 11 is 0. The number of hydrogen-bond donors (Lipinski definition) is 1. The van der Waals surface area contributed by atoms with Crippen molar-refractivity contribution in [2.45, 2.75) is 27.0 Å². The van der Waals surface area contributed by atoms with Crippen molar-refractivity contribution < 1.29 is 9.53 Å². The molecule has 2 rings (SSSR count). The van der Waals surface area contributed by atoms with Gasteiger partial charge in [0.1, 0.15) is 6.61 Å². The predicted molar refractivity (Wildman–Crippen MR) is 70.4 cm³/mol. The number of ether oxygens (including phenoxy) is 1. The first-order valence-electron chi connectivity index (χ1n) is 6.00. The van der Waals surface area contributed by atoms with Gasteiger partial charge in [0, 0.05) is 18.3 Å². The van der Waals surface area contributed by atoms with Crippen molar-refractivity contribution in [3.8, 4) is 0 Å². The second kappa shape index (κ2) is 5.51. The molecule has 0 aliphatic rings. The standard InChI is InChI=1S/C13H16N4O2/c1-3-17-7-10(5-16-17)8-19-13(18)12-4-11(14)6-15-9(12)2/h4-7H,3,8,14H2,1-2H3. The average molecular weight is 260 g/mol. The van der Waals surface area contributed by atoms with Gasteiger partial charge in [0.05, 0.1) is 29.3 Å². The second-order valence-electron chi connectivity index (χ2n) is 4.18. The molecule has 6 nitrogen and oxygen atoms in total. The Balaban J connectivity index is 2.03. The highest BCUT2D eigenvalue weighted by molar-refractivity contribution is 5.91. The molecule has 0 atom stereocenters. The first-order chi connectivity index (χ1) is 9.10. The second-order valence-corrected chi connectivity index (χ2v) is 4.18. The van der Waals surface area contributed by atoms with E-state index in [0.29, 0.717) is 16.9 Å². The number of nitrogens with zero attached hydrogens (tertiary/aromatic N) is 3. The number of anilines is 1. The van der Waals surface area contributed by atoms with Gasteiger partial charge in [-0.15, -0.1) is 0 Å². The van der Waals surface area contributed by atoms with Gasteiger partial charge >= 0.3 is 5.97 Å². The Morgan fingerprint density at radius 1 is 1.47 bits per heavy atom. The van der Waals surface area contributed by atoms with E-state index < -0.39 is 5.97 Å². The van der Waals surface area contributed by atoms with Crippen LogP contribution in [0.3, 0.4) is 0 Å². The maximum atomic E-state index is 11.9. The third-order valence-electron chi connectivity index (χ3n) is 2.71. The van der Waals surface area contributed by atoms with Crippen LogP contribution in [0.25, 0.3) is 0 Å². The summed E-state index contributed by atoms with van der Waals surface area (Å²) in [4.78, 5) is 16.0. The van der Waals surface area contributed by atoms with Crippen molar-refractivity contribution in [2.24, 2.45) is 0 Å². The van der Waals surface area contributed by atoms with Gasteiger partial charge in [-0.1, -0.05) is 0 Å². The van der Waals surface area contributed by atoms with Crippen molar-refractivity contribution in [2.75, 3.05) is 5.73 Å². The third kappa shape index (κ3) is 3.09. The Morgan fingerprint density at radius 2 is 2.26 bits per heavy atom. The van der Waals surface area contributed by atoms with Crippen molar-refractivity contribution in [1.29, 1.82) is 0 Å². The maximum absolute atomic E-state index is 11.9. The highest BCUT2D eigenvalue weighted by atomic mass is 16.5. The molecule has 19 heavy (non-hydrogen) atoms. The molecule has 6 heteroatoms. The summed E-state index contributed by atoms with van der Waals surface area (Å²) in [5, 5.41) is 4.11. The van der Waals surface area contributed by atoms with Gasteiger partial charge in [-0.05, 0) is 19.9 Å². The summed E-state index contributed by atoms with van der Waals surface area (Å²) in [6, 6.07) is 1.57. The molecule has 0 saturated heterocycles. The quantitative estimate of drug-likeness (QED) is 0.843. The number of aryl methyl sites for hydroxylation is 2. The van der Waals surface area contributed by atoms with Crippen LogP contribution < -0.4 is 5.73 Å². The minimum absolute atomic E-state index is 0.188. The zero-order valence-corrected chi connectivity index (χ0v) is 11.0. The predicted octanol–water partition coefficient (Wildman–Crippen LogP) is 1.55. The van der Waals surface area contributed by atoms with E-state index in [-0.39, 0.29) is 6.61 Å². The summed E-state index contributed by atoms with van der Waals surface area (Å²) in [5.74, 6) is -0.429. The smallest absolute Gasteiger partial charge is 0.340 e. The Kier molecular flexibility index (Phi) is 3.79. The van der Waals surface area contributed by atoms with Gasteiger partial charge in [0.2, 0.25) is 0 Å². The molecular formula is C13H16N4O2. The molecule has 0 aliphatic carbocycles. The van der Waals surface area contributed by atoms with Crippen LogP contribution in [0.15, 0.2) is 24.7 Å². The van der Waals surface area contributed by atoms with E-state index in [9.17, 15) is 4.79 Å². The molecule has 0 spiro atoms. The van der Waals surface area contributed by atoms with Gasteiger partial charge in [-0.2, -0.15) is 5.10 Å². The summed E-state index contributed by atoms with van der Waals surface area (Å²) in [6.45, 7) is 4.70. The van der Waals surface area contributed by atoms with Crippen molar-refractivity contribution in [3.63, 3.8) is 0 Å². The lowest BCUT2D eigenvalue weighted by Gasteiger charge is -2.06. The normalized spacial score (nSPS) is 10.4. The van der Waals surface area contributed by atoms with Gasteiger partial charge in [-0.3, -0.25) is 9.67 Å². The number of aromatic nitrogens is 3. The minimum Gasteiger partial charge on any atom is -0.457 e. The summed E-state index contributed by atoms with van der Waals surface area (Å²) < 4.78 is 6.99. The fourth-order valence-corrected chi connectivity index (χ4v) is 1.64. The molecule has 0 saturated carbocycles. The molecule has 0 bridgehead atoms. The molecule has 2 aromatic rings. The molecule has 0 aromatic carbocycles. The zero-order valence-electron chi connectivity index (χ0n) is 11.0. The minimum atomic E-state index is -0.429. The molecule has 2 heterocycles. The fourth-order valence-electron chi connectivity index (χ4n) is 1.64. The average Bonchev–Trinajstić information content (AvgIpc) is 2.87. The van der Waals surface area contributed by atoms with Gasteiger partial charge in [-0.25, -0.2) is 4.79 Å². The van der Waals surface area contributed by atoms with Crippen LogP contribution in [0.5, 0.6) is 0 Å². The van der Waals surface area contributed by atoms with E-state index in [1.807, 2.05) is 13.1 Å². The lowest BCUT2D eigenvalue weighted by molar-refractivity contribution is 0.0471. The molecular weight excluding hydrogens is 244 g/mol. The van der Waals surface area contributed by atoms with Gasteiger partial charge in [0.25, 0.3) is 0 Å². The lowest BCUT2D eigenvalue weighted by atomic mass is 10.2. The van der Waals surface area contributed by atoms with Gasteiger partial charge < -0.3 is 10.5 Å². The van der Waals surface area contributed by atoms with Crippen molar-refractivity contribution >= 4 is 11.7 Å². The number of carbonyl (C=O) groups excluding carboxylic acids is 1. The summed E-state index contributed by atoms with van der Waals surface area (Å²) in [5.41, 5.74) is 7.89. The van der Waals surface area contributed by atoms with E-state index in [0.717, 1.165) is 12.1 Å². The maximum Gasteiger partial charge on any atom is 0.340 e. The molecule has 2 N–H and O–H groups in total. The number of nitrogen functional groups attached to an aromatic ring is 1. The van der Waals surface area contributed by atoms with Crippen LogP contribution in [-0.4, -0.2) is 20.7 Å². The molecule has 0 amide bonds. The number of hydrogen-bond acceptors (Lipinski definition) is 5. The molecule has 0 unspecified atom stereocenters. The van der Waals surface area contributed by atoms with Crippen LogP contribution in [0.4, 0.5) is 5.69 Å². The van der Waals surface area contributed by atoms with E-state index in [1.54, 1.807) is 23.9 Å². The van der Waals surface area contributed by atoms with Crippen LogP contribution in [0, 0.1) is 6.92 Å². The van der Waals surface area contributed by atoms with E-state index in [1.165, 1.54) is 6.20 Å². The number of nitrogens with two attached hydrogens (primary N) is 1. The number of esters is 1. The molecule has 0 radical (unpaired) electrons. The topological polar surface area (TPSA) is 83.0 Å². The Morgan fingerprint density at radius 3 is 2.95 bits per heavy atom. The van der Waals surface area contributed by atoms with Crippen LogP contribution >= 0.6 is 0 Å². The highest BCUT2D eigenvalue weighted by Gasteiger charge is 2.12. The van der Waals surface area contributed by atoms with Crippen LogP contribution in [0.1, 0.15) is 28.5 Å². The Bertz CT molecular complexity index is 592. The lowest BCUT2D eigenvalue weighted by Crippen LogP contribution is -2.08. The third-order valence-corrected chi connectivity index (χ3v) is 2.71. The SMILES string of the molecule is CCn1cc(COC(=O)c2cc(N)cnc2C)cn1. The zero-order chi connectivity index (χ0) is 13.8. The number of pyridine rings is 1. The first-order valence-corrected chi connectivity index (χ1v) is 6.00. The van der Waals surface area contributed by atoms with Crippen molar-refractivity contribution in [3.05, 3.63) is 41.5 Å². The number of carbonyl (C=O) groups is 1. The van der Waals surface area contributed by atoms with Crippen LogP contribution in [-0.2, 0) is 17.9 Å². The van der Waals surface area contributed by atoms with Crippen molar-refractivity contribution in [1.82, 2.24) is 14.8 Å². The molecule has 0 fully saturated rings. The first kappa shape index (κ1) is 13.1. The molecule has 100 valence electrons. The Labute approximate surface area is 111 Å². The molecule has 2 aromatic heterocycles.